The van der Waals surface area contributed by atoms with E-state index < -0.39 is 12.1 Å². The summed E-state index contributed by atoms with van der Waals surface area (Å²) in [6.45, 7) is 2.66. The van der Waals surface area contributed by atoms with Gasteiger partial charge in [-0.3, -0.25) is 9.59 Å². The standard InChI is InChI=1S/C22H27ClN2O4/c1-15(21(27)24-12-11-16-6-3-2-4-7-16)29-22(28)17-9-10-18(23)19(14-17)25-13-5-8-20(25)26/h6,9-10,14-15H,2-5,7-8,11-13H2,1H3,(H,24,27)/t15-/m0/s1. The summed E-state index contributed by atoms with van der Waals surface area (Å²) in [5.74, 6) is -0.955. The second-order valence-electron chi connectivity index (χ2n) is 7.51. The van der Waals surface area contributed by atoms with Crippen LogP contribution < -0.4 is 10.2 Å². The molecule has 0 spiro atoms. The quantitative estimate of drug-likeness (QED) is 0.536. The number of nitrogens with one attached hydrogen (secondary N) is 1. The third kappa shape index (κ3) is 5.60. The van der Waals surface area contributed by atoms with Gasteiger partial charge in [0.1, 0.15) is 0 Å². The van der Waals surface area contributed by atoms with E-state index in [0.29, 0.717) is 30.2 Å². The molecule has 1 aliphatic heterocycles. The van der Waals surface area contributed by atoms with Crippen molar-refractivity contribution < 1.29 is 19.1 Å². The molecule has 1 saturated heterocycles. The van der Waals surface area contributed by atoms with Crippen LogP contribution in [0, 0.1) is 0 Å². The van der Waals surface area contributed by atoms with Crippen molar-refractivity contribution in [3.05, 3.63) is 40.4 Å². The van der Waals surface area contributed by atoms with Crippen molar-refractivity contribution in [3.63, 3.8) is 0 Å². The van der Waals surface area contributed by atoms with Gasteiger partial charge in [-0.05, 0) is 63.6 Å². The number of rotatable bonds is 7. The molecule has 0 aromatic heterocycles. The van der Waals surface area contributed by atoms with Crippen LogP contribution in [0.25, 0.3) is 0 Å². The highest BCUT2D eigenvalue weighted by Gasteiger charge is 2.25. The van der Waals surface area contributed by atoms with Gasteiger partial charge in [0.2, 0.25) is 5.91 Å². The molecule has 1 aliphatic carbocycles. The third-order valence-electron chi connectivity index (χ3n) is 5.33. The number of allylic oxidation sites excluding steroid dienone is 1. The zero-order valence-electron chi connectivity index (χ0n) is 16.7. The van der Waals surface area contributed by atoms with Gasteiger partial charge < -0.3 is 15.0 Å². The Morgan fingerprint density at radius 2 is 2.07 bits per heavy atom. The molecular formula is C22H27ClN2O4. The average molecular weight is 419 g/mol. The Labute approximate surface area is 176 Å². The first-order chi connectivity index (χ1) is 14.0. The number of anilines is 1. The van der Waals surface area contributed by atoms with Gasteiger partial charge in [-0.1, -0.05) is 23.3 Å². The predicted octanol–water partition coefficient (Wildman–Crippen LogP) is 4.02. The Morgan fingerprint density at radius 1 is 1.24 bits per heavy atom. The minimum Gasteiger partial charge on any atom is -0.449 e. The Bertz CT molecular complexity index is 821. The topological polar surface area (TPSA) is 75.7 Å². The van der Waals surface area contributed by atoms with Crippen molar-refractivity contribution in [1.82, 2.24) is 5.32 Å². The number of hydrogen-bond donors (Lipinski definition) is 1. The molecule has 1 N–H and O–H groups in total. The first kappa shape index (κ1) is 21.4. The van der Waals surface area contributed by atoms with E-state index in [1.807, 2.05) is 0 Å². The van der Waals surface area contributed by atoms with Crippen molar-refractivity contribution in [2.24, 2.45) is 0 Å². The Balaban J connectivity index is 1.54. The first-order valence-electron chi connectivity index (χ1n) is 10.2. The van der Waals surface area contributed by atoms with Crippen LogP contribution >= 0.6 is 11.6 Å². The van der Waals surface area contributed by atoms with E-state index in [2.05, 4.69) is 11.4 Å². The van der Waals surface area contributed by atoms with Crippen LogP contribution in [-0.2, 0) is 14.3 Å². The maximum atomic E-state index is 12.5. The largest absolute Gasteiger partial charge is 0.449 e. The summed E-state index contributed by atoms with van der Waals surface area (Å²) in [6, 6.07) is 4.66. The van der Waals surface area contributed by atoms with Gasteiger partial charge >= 0.3 is 5.97 Å². The van der Waals surface area contributed by atoms with Gasteiger partial charge in [0.15, 0.2) is 6.10 Å². The van der Waals surface area contributed by atoms with Gasteiger partial charge in [0.25, 0.3) is 5.91 Å². The van der Waals surface area contributed by atoms with E-state index in [9.17, 15) is 14.4 Å². The molecule has 0 radical (unpaired) electrons. The molecule has 0 unspecified atom stereocenters. The Kier molecular flexibility index (Phi) is 7.31. The molecule has 2 amide bonds. The summed E-state index contributed by atoms with van der Waals surface area (Å²) in [6.07, 6.45) is 8.06. The van der Waals surface area contributed by atoms with Crippen molar-refractivity contribution in [2.75, 3.05) is 18.0 Å². The Morgan fingerprint density at radius 3 is 2.76 bits per heavy atom. The Hall–Kier alpha value is -2.34. The molecule has 29 heavy (non-hydrogen) atoms. The number of esters is 1. The maximum absolute atomic E-state index is 12.5. The highest BCUT2D eigenvalue weighted by Crippen LogP contribution is 2.30. The number of halogens is 1. The van der Waals surface area contributed by atoms with Gasteiger partial charge in [-0.25, -0.2) is 4.79 Å². The molecule has 1 aromatic rings. The normalized spacial score (nSPS) is 17.7. The monoisotopic (exact) mass is 418 g/mol. The van der Waals surface area contributed by atoms with Gasteiger partial charge in [-0.2, -0.15) is 0 Å². The molecule has 3 rings (SSSR count). The lowest BCUT2D eigenvalue weighted by molar-refractivity contribution is -0.129. The van der Waals surface area contributed by atoms with Gasteiger partial charge in [0.05, 0.1) is 16.3 Å². The van der Waals surface area contributed by atoms with Gasteiger partial charge in [0, 0.05) is 19.5 Å². The second-order valence-corrected chi connectivity index (χ2v) is 7.92. The SMILES string of the molecule is C[C@H](OC(=O)c1ccc(Cl)c(N2CCCC2=O)c1)C(=O)NCCC1=CCCCC1. The molecule has 6 nitrogen and oxygen atoms in total. The summed E-state index contributed by atoms with van der Waals surface area (Å²) in [5.41, 5.74) is 2.14. The lowest BCUT2D eigenvalue weighted by Gasteiger charge is -2.19. The van der Waals surface area contributed by atoms with Gasteiger partial charge in [-0.15, -0.1) is 0 Å². The van der Waals surface area contributed by atoms with Crippen LogP contribution in [0.4, 0.5) is 5.69 Å². The second kappa shape index (κ2) is 9.92. The zero-order chi connectivity index (χ0) is 20.8. The highest BCUT2D eigenvalue weighted by atomic mass is 35.5. The molecule has 1 heterocycles. The summed E-state index contributed by atoms with van der Waals surface area (Å²) >= 11 is 6.21. The molecular weight excluding hydrogens is 392 g/mol. The van der Waals surface area contributed by atoms with E-state index in [1.165, 1.54) is 24.5 Å². The molecule has 1 aromatic carbocycles. The number of carbonyl (C=O) groups is 3. The fraction of sp³-hybridized carbons (Fsp3) is 0.500. The predicted molar refractivity (Wildman–Crippen MR) is 112 cm³/mol. The van der Waals surface area contributed by atoms with E-state index in [4.69, 9.17) is 16.3 Å². The summed E-state index contributed by atoms with van der Waals surface area (Å²) in [4.78, 5) is 38.3. The smallest absolute Gasteiger partial charge is 0.338 e. The lowest BCUT2D eigenvalue weighted by Crippen LogP contribution is -2.36. The van der Waals surface area contributed by atoms with E-state index >= 15 is 0 Å². The minimum absolute atomic E-state index is 0.0155. The van der Waals surface area contributed by atoms with Crippen molar-refractivity contribution in [3.8, 4) is 0 Å². The van der Waals surface area contributed by atoms with Crippen LogP contribution in [0.2, 0.25) is 5.02 Å². The highest BCUT2D eigenvalue weighted by molar-refractivity contribution is 6.34. The molecule has 1 atom stereocenters. The number of carbonyl (C=O) groups excluding carboxylic acids is 3. The number of amides is 2. The van der Waals surface area contributed by atoms with Crippen molar-refractivity contribution in [1.29, 1.82) is 0 Å². The number of benzene rings is 1. The average Bonchev–Trinajstić information content (AvgIpc) is 3.14. The van der Waals surface area contributed by atoms with Crippen molar-refractivity contribution >= 4 is 35.1 Å². The molecule has 2 aliphatic rings. The fourth-order valence-corrected chi connectivity index (χ4v) is 3.87. The number of ether oxygens (including phenoxy) is 1. The number of nitrogens with zero attached hydrogens (tertiary/aromatic N) is 1. The van der Waals surface area contributed by atoms with E-state index in [1.54, 1.807) is 24.0 Å². The maximum Gasteiger partial charge on any atom is 0.338 e. The van der Waals surface area contributed by atoms with Crippen LogP contribution in [-0.4, -0.2) is 37.0 Å². The molecule has 1 fully saturated rings. The van der Waals surface area contributed by atoms with Crippen LogP contribution in [0.1, 0.15) is 62.2 Å². The third-order valence-corrected chi connectivity index (χ3v) is 5.65. The van der Waals surface area contributed by atoms with Crippen LogP contribution in [0.5, 0.6) is 0 Å². The summed E-state index contributed by atoms with van der Waals surface area (Å²) in [5, 5.41) is 3.23. The van der Waals surface area contributed by atoms with Crippen LogP contribution in [0.3, 0.4) is 0 Å². The first-order valence-corrected chi connectivity index (χ1v) is 10.6. The molecule has 0 saturated carbocycles. The van der Waals surface area contributed by atoms with E-state index in [-0.39, 0.29) is 17.4 Å². The lowest BCUT2D eigenvalue weighted by atomic mass is 9.97. The number of hydrogen-bond acceptors (Lipinski definition) is 4. The van der Waals surface area contributed by atoms with E-state index in [0.717, 1.165) is 25.7 Å². The molecule has 156 valence electrons. The van der Waals surface area contributed by atoms with Crippen molar-refractivity contribution in [2.45, 2.75) is 58.0 Å². The fourth-order valence-electron chi connectivity index (χ4n) is 3.65. The summed E-state index contributed by atoms with van der Waals surface area (Å²) < 4.78 is 5.31. The summed E-state index contributed by atoms with van der Waals surface area (Å²) in [7, 11) is 0. The molecule has 7 heteroatoms. The molecule has 0 bridgehead atoms. The zero-order valence-corrected chi connectivity index (χ0v) is 17.5. The minimum atomic E-state index is -0.907. The van der Waals surface area contributed by atoms with Crippen LogP contribution in [0.15, 0.2) is 29.8 Å².